The Morgan fingerprint density at radius 1 is 1.58 bits per heavy atom. The van der Waals surface area contributed by atoms with Crippen molar-refractivity contribution in [1.82, 2.24) is 4.90 Å². The number of phenols is 1. The maximum Gasteiger partial charge on any atom is 0.320 e. The predicted molar refractivity (Wildman–Crippen MR) is 73.4 cm³/mol. The topological polar surface area (TPSA) is 70.0 Å². The third-order valence-corrected chi connectivity index (χ3v) is 3.95. The van der Waals surface area contributed by atoms with Gasteiger partial charge in [-0.25, -0.2) is 0 Å². The first kappa shape index (κ1) is 14.1. The fourth-order valence-electron chi connectivity index (χ4n) is 2.40. The molecule has 1 aliphatic rings. The molecule has 5 nitrogen and oxygen atoms in total. The number of aromatic hydroxyl groups is 1. The number of benzene rings is 1. The normalized spacial score (nSPS) is 19.6. The molecule has 1 atom stereocenters. The Kier molecular flexibility index (Phi) is 4.31. The zero-order valence-electron chi connectivity index (χ0n) is 10.6. The molecular weight excluding hydrogens is 314 g/mol. The monoisotopic (exact) mass is 329 g/mol. The molecule has 1 fully saturated rings. The van der Waals surface area contributed by atoms with E-state index in [4.69, 9.17) is 9.84 Å². The number of carbonyl (C=O) groups is 1. The third-order valence-electron chi connectivity index (χ3n) is 3.34. The van der Waals surface area contributed by atoms with Crippen molar-refractivity contribution < 1.29 is 19.7 Å². The van der Waals surface area contributed by atoms with Crippen molar-refractivity contribution in [3.63, 3.8) is 0 Å². The second-order valence-corrected chi connectivity index (χ2v) is 5.45. The number of hydrogen-bond acceptors (Lipinski definition) is 4. The smallest absolute Gasteiger partial charge is 0.320 e. The Morgan fingerprint density at radius 2 is 2.32 bits per heavy atom. The van der Waals surface area contributed by atoms with Crippen LogP contribution in [0.1, 0.15) is 18.4 Å². The van der Waals surface area contributed by atoms with Gasteiger partial charge in [0.25, 0.3) is 0 Å². The Bertz CT molecular complexity index is 492. The first-order valence-corrected chi connectivity index (χ1v) is 6.84. The van der Waals surface area contributed by atoms with Crippen molar-refractivity contribution in [3.05, 3.63) is 22.2 Å². The van der Waals surface area contributed by atoms with Crippen LogP contribution in [-0.2, 0) is 11.3 Å². The maximum absolute atomic E-state index is 11.1. The van der Waals surface area contributed by atoms with E-state index in [-0.39, 0.29) is 5.75 Å². The molecule has 104 valence electrons. The summed E-state index contributed by atoms with van der Waals surface area (Å²) < 4.78 is 5.64. The fraction of sp³-hybridized carbons (Fsp3) is 0.462. The van der Waals surface area contributed by atoms with E-state index in [0.717, 1.165) is 18.5 Å². The van der Waals surface area contributed by atoms with Crippen LogP contribution < -0.4 is 4.74 Å². The number of hydrogen-bond donors (Lipinski definition) is 2. The lowest BCUT2D eigenvalue weighted by molar-refractivity contribution is -0.142. The molecule has 1 saturated heterocycles. The standard InChI is InChI=1S/C13H16BrNO4/c1-19-11-6-8(5-9(14)12(11)16)7-15-4-2-3-10(15)13(17)18/h5-6,10,16H,2-4,7H2,1H3,(H,17,18). The quantitative estimate of drug-likeness (QED) is 0.886. The van der Waals surface area contributed by atoms with Gasteiger partial charge in [0, 0.05) is 6.54 Å². The average Bonchev–Trinajstić information content (AvgIpc) is 2.81. The molecule has 19 heavy (non-hydrogen) atoms. The first-order chi connectivity index (χ1) is 9.02. The second-order valence-electron chi connectivity index (χ2n) is 4.60. The molecule has 2 rings (SSSR count). The number of phenolic OH excluding ortho intramolecular Hbond substituents is 1. The number of methoxy groups -OCH3 is 1. The van der Waals surface area contributed by atoms with Gasteiger partial charge in [0.1, 0.15) is 6.04 Å². The zero-order chi connectivity index (χ0) is 14.0. The van der Waals surface area contributed by atoms with Crippen LogP contribution in [0.5, 0.6) is 11.5 Å². The largest absolute Gasteiger partial charge is 0.503 e. The van der Waals surface area contributed by atoms with Crippen LogP contribution in [0.2, 0.25) is 0 Å². The summed E-state index contributed by atoms with van der Waals surface area (Å²) in [6.07, 6.45) is 1.58. The van der Waals surface area contributed by atoms with E-state index in [0.29, 0.717) is 23.2 Å². The van der Waals surface area contributed by atoms with Gasteiger partial charge in [-0.2, -0.15) is 0 Å². The van der Waals surface area contributed by atoms with Gasteiger partial charge in [0.2, 0.25) is 0 Å². The second kappa shape index (κ2) is 5.79. The summed E-state index contributed by atoms with van der Waals surface area (Å²) in [4.78, 5) is 13.1. The zero-order valence-corrected chi connectivity index (χ0v) is 12.2. The molecule has 0 bridgehead atoms. The van der Waals surface area contributed by atoms with Gasteiger partial charge in [-0.1, -0.05) is 0 Å². The SMILES string of the molecule is COc1cc(CN2CCCC2C(=O)O)cc(Br)c1O. The van der Waals surface area contributed by atoms with E-state index in [1.807, 2.05) is 4.90 Å². The predicted octanol–water partition coefficient (Wildman–Crippen LogP) is 2.21. The van der Waals surface area contributed by atoms with Crippen molar-refractivity contribution in [3.8, 4) is 11.5 Å². The number of carboxylic acid groups (broad SMARTS) is 1. The Balaban J connectivity index is 2.19. The van der Waals surface area contributed by atoms with E-state index >= 15 is 0 Å². The minimum Gasteiger partial charge on any atom is -0.503 e. The van der Waals surface area contributed by atoms with E-state index in [1.165, 1.54) is 7.11 Å². The van der Waals surface area contributed by atoms with Gasteiger partial charge in [-0.3, -0.25) is 9.69 Å². The highest BCUT2D eigenvalue weighted by Crippen LogP contribution is 2.36. The molecule has 0 saturated carbocycles. The van der Waals surface area contributed by atoms with Crippen LogP contribution in [0, 0.1) is 0 Å². The maximum atomic E-state index is 11.1. The summed E-state index contributed by atoms with van der Waals surface area (Å²) >= 11 is 3.27. The average molecular weight is 330 g/mol. The van der Waals surface area contributed by atoms with Crippen molar-refractivity contribution in [1.29, 1.82) is 0 Å². The Labute approximate surface area is 119 Å². The summed E-state index contributed by atoms with van der Waals surface area (Å²) in [6.45, 7) is 1.31. The molecule has 1 heterocycles. The molecule has 1 aromatic rings. The van der Waals surface area contributed by atoms with Crippen molar-refractivity contribution in [2.24, 2.45) is 0 Å². The summed E-state index contributed by atoms with van der Waals surface area (Å²) in [7, 11) is 1.49. The number of aliphatic carboxylic acids is 1. The molecule has 1 aromatic carbocycles. The van der Waals surface area contributed by atoms with Gasteiger partial charge in [-0.15, -0.1) is 0 Å². The highest BCUT2D eigenvalue weighted by molar-refractivity contribution is 9.10. The lowest BCUT2D eigenvalue weighted by Gasteiger charge is -2.21. The van der Waals surface area contributed by atoms with Crippen molar-refractivity contribution in [2.75, 3.05) is 13.7 Å². The summed E-state index contributed by atoms with van der Waals surface area (Å²) in [5.41, 5.74) is 0.912. The Morgan fingerprint density at radius 3 is 2.95 bits per heavy atom. The van der Waals surface area contributed by atoms with Crippen molar-refractivity contribution >= 4 is 21.9 Å². The molecule has 0 radical (unpaired) electrons. The summed E-state index contributed by atoms with van der Waals surface area (Å²) in [5.74, 6) is -0.333. The summed E-state index contributed by atoms with van der Waals surface area (Å²) in [5, 5.41) is 18.9. The van der Waals surface area contributed by atoms with Gasteiger partial charge < -0.3 is 14.9 Å². The highest BCUT2D eigenvalue weighted by Gasteiger charge is 2.30. The molecular formula is C13H16BrNO4. The third kappa shape index (κ3) is 3.01. The number of ether oxygens (including phenoxy) is 1. The van der Waals surface area contributed by atoms with Crippen LogP contribution in [0.25, 0.3) is 0 Å². The minimum absolute atomic E-state index is 0.0578. The number of rotatable bonds is 4. The van der Waals surface area contributed by atoms with Crippen LogP contribution in [0.3, 0.4) is 0 Å². The molecule has 0 amide bonds. The van der Waals surface area contributed by atoms with Gasteiger partial charge in [0.05, 0.1) is 11.6 Å². The number of carboxylic acids is 1. The van der Waals surface area contributed by atoms with Gasteiger partial charge in [0.15, 0.2) is 11.5 Å². The Hall–Kier alpha value is -1.27. The van der Waals surface area contributed by atoms with Crippen LogP contribution in [-0.4, -0.2) is 40.8 Å². The van der Waals surface area contributed by atoms with Gasteiger partial charge in [-0.05, 0) is 53.0 Å². The van der Waals surface area contributed by atoms with Crippen LogP contribution in [0.15, 0.2) is 16.6 Å². The van der Waals surface area contributed by atoms with Crippen LogP contribution in [0.4, 0.5) is 0 Å². The molecule has 2 N–H and O–H groups in total. The fourth-order valence-corrected chi connectivity index (χ4v) is 2.89. The van der Waals surface area contributed by atoms with E-state index in [1.54, 1.807) is 12.1 Å². The van der Waals surface area contributed by atoms with E-state index in [2.05, 4.69) is 15.9 Å². The molecule has 1 aliphatic heterocycles. The lowest BCUT2D eigenvalue weighted by atomic mass is 10.1. The van der Waals surface area contributed by atoms with E-state index in [9.17, 15) is 9.90 Å². The molecule has 0 aromatic heterocycles. The number of nitrogens with zero attached hydrogens (tertiary/aromatic N) is 1. The van der Waals surface area contributed by atoms with Gasteiger partial charge >= 0.3 is 5.97 Å². The molecule has 1 unspecified atom stereocenters. The summed E-state index contributed by atoms with van der Waals surface area (Å²) in [6, 6.07) is 3.10. The van der Waals surface area contributed by atoms with Crippen molar-refractivity contribution in [2.45, 2.75) is 25.4 Å². The molecule has 0 spiro atoms. The minimum atomic E-state index is -0.776. The van der Waals surface area contributed by atoms with E-state index < -0.39 is 12.0 Å². The number of halogens is 1. The molecule has 0 aliphatic carbocycles. The lowest BCUT2D eigenvalue weighted by Crippen LogP contribution is -2.35. The number of likely N-dealkylation sites (tertiary alicyclic amines) is 1. The highest BCUT2D eigenvalue weighted by atomic mass is 79.9. The first-order valence-electron chi connectivity index (χ1n) is 6.05. The molecule has 6 heteroatoms. The van der Waals surface area contributed by atoms with Crippen LogP contribution >= 0.6 is 15.9 Å².